The van der Waals surface area contributed by atoms with Crippen LogP contribution < -0.4 is 0 Å². The summed E-state index contributed by atoms with van der Waals surface area (Å²) < 4.78 is 9.65. The van der Waals surface area contributed by atoms with E-state index in [2.05, 4.69) is 0 Å². The predicted octanol–water partition coefficient (Wildman–Crippen LogP) is -0.841. The summed E-state index contributed by atoms with van der Waals surface area (Å²) in [5.41, 5.74) is 0. The first kappa shape index (κ1) is 12.9. The number of hydrogen-bond donors (Lipinski definition) is 1. The van der Waals surface area contributed by atoms with Crippen LogP contribution in [0.4, 0.5) is 0 Å². The number of β-amino-alcohol motifs (C(OH)–C–C–N with tert-alkyl or cyclic N) is 1. The molecule has 1 amide bonds. The van der Waals surface area contributed by atoms with Gasteiger partial charge in [-0.2, -0.15) is 0 Å². The van der Waals surface area contributed by atoms with E-state index in [4.69, 9.17) is 9.47 Å². The standard InChI is InChI=1S/C10H17NO5/c1-2-16-10(14)5-8(12)6-11-3-4-15-7-9(11)13/h8,12H,2-7H2,1H3. The molecule has 1 heterocycles. The van der Waals surface area contributed by atoms with Gasteiger partial charge in [0, 0.05) is 13.1 Å². The second-order valence-corrected chi connectivity index (χ2v) is 3.56. The fraction of sp³-hybridized carbons (Fsp3) is 0.800. The van der Waals surface area contributed by atoms with Crippen LogP contribution in [0.5, 0.6) is 0 Å². The Balaban J connectivity index is 2.29. The number of morpholine rings is 1. The molecule has 1 aliphatic heterocycles. The molecular formula is C10H17NO5. The Kier molecular flexibility index (Phi) is 5.21. The largest absolute Gasteiger partial charge is 0.466 e. The lowest BCUT2D eigenvalue weighted by Crippen LogP contribution is -2.45. The molecule has 1 fully saturated rings. The zero-order chi connectivity index (χ0) is 12.0. The van der Waals surface area contributed by atoms with E-state index in [1.54, 1.807) is 6.92 Å². The van der Waals surface area contributed by atoms with Crippen molar-refractivity contribution in [2.45, 2.75) is 19.4 Å². The highest BCUT2D eigenvalue weighted by Crippen LogP contribution is 2.03. The number of ether oxygens (including phenoxy) is 2. The van der Waals surface area contributed by atoms with Crippen LogP contribution in [-0.2, 0) is 19.1 Å². The summed E-state index contributed by atoms with van der Waals surface area (Å²) in [5.74, 6) is -0.607. The number of rotatable bonds is 5. The van der Waals surface area contributed by atoms with Gasteiger partial charge in [0.2, 0.25) is 5.91 Å². The average Bonchev–Trinajstić information content (AvgIpc) is 2.21. The maximum Gasteiger partial charge on any atom is 0.308 e. The second kappa shape index (κ2) is 6.44. The van der Waals surface area contributed by atoms with Crippen LogP contribution in [0.1, 0.15) is 13.3 Å². The summed E-state index contributed by atoms with van der Waals surface area (Å²) in [6, 6.07) is 0. The van der Waals surface area contributed by atoms with Crippen LogP contribution in [0.25, 0.3) is 0 Å². The molecule has 1 atom stereocenters. The molecule has 6 heteroatoms. The van der Waals surface area contributed by atoms with Gasteiger partial charge < -0.3 is 19.5 Å². The van der Waals surface area contributed by atoms with E-state index in [1.165, 1.54) is 4.90 Å². The molecule has 1 rings (SSSR count). The second-order valence-electron chi connectivity index (χ2n) is 3.56. The summed E-state index contributed by atoms with van der Waals surface area (Å²) in [7, 11) is 0. The number of amides is 1. The van der Waals surface area contributed by atoms with E-state index >= 15 is 0 Å². The summed E-state index contributed by atoms with van der Waals surface area (Å²) in [4.78, 5) is 23.9. The predicted molar refractivity (Wildman–Crippen MR) is 54.7 cm³/mol. The molecule has 1 aliphatic rings. The fourth-order valence-electron chi connectivity index (χ4n) is 1.47. The van der Waals surface area contributed by atoms with Crippen LogP contribution in [0.2, 0.25) is 0 Å². The van der Waals surface area contributed by atoms with Gasteiger partial charge in [0.25, 0.3) is 0 Å². The minimum Gasteiger partial charge on any atom is -0.466 e. The van der Waals surface area contributed by atoms with Gasteiger partial charge in [0.15, 0.2) is 0 Å². The van der Waals surface area contributed by atoms with E-state index in [9.17, 15) is 14.7 Å². The summed E-state index contributed by atoms with van der Waals surface area (Å²) >= 11 is 0. The van der Waals surface area contributed by atoms with Gasteiger partial charge in [0.1, 0.15) is 6.61 Å². The fourth-order valence-corrected chi connectivity index (χ4v) is 1.47. The molecule has 0 aliphatic carbocycles. The number of nitrogens with zero attached hydrogens (tertiary/aromatic N) is 1. The first-order chi connectivity index (χ1) is 7.63. The topological polar surface area (TPSA) is 76.1 Å². The average molecular weight is 231 g/mol. The van der Waals surface area contributed by atoms with E-state index in [-0.39, 0.29) is 25.5 Å². The maximum absolute atomic E-state index is 11.3. The van der Waals surface area contributed by atoms with Crippen molar-refractivity contribution in [2.24, 2.45) is 0 Å². The van der Waals surface area contributed by atoms with Crippen LogP contribution in [0.15, 0.2) is 0 Å². The highest BCUT2D eigenvalue weighted by atomic mass is 16.5. The zero-order valence-electron chi connectivity index (χ0n) is 9.35. The lowest BCUT2D eigenvalue weighted by molar-refractivity contribution is -0.149. The molecule has 0 aromatic rings. The molecule has 0 bridgehead atoms. The molecule has 16 heavy (non-hydrogen) atoms. The summed E-state index contributed by atoms with van der Waals surface area (Å²) in [6.45, 7) is 3.13. The smallest absolute Gasteiger partial charge is 0.308 e. The quantitative estimate of drug-likeness (QED) is 0.624. The Morgan fingerprint density at radius 3 is 3.06 bits per heavy atom. The van der Waals surface area contributed by atoms with Gasteiger partial charge in [-0.1, -0.05) is 0 Å². The van der Waals surface area contributed by atoms with Crippen molar-refractivity contribution in [2.75, 3.05) is 32.9 Å². The van der Waals surface area contributed by atoms with Crippen molar-refractivity contribution in [1.82, 2.24) is 4.90 Å². The molecular weight excluding hydrogens is 214 g/mol. The SMILES string of the molecule is CCOC(=O)CC(O)CN1CCOCC1=O. The molecule has 1 N–H and O–H groups in total. The van der Waals surface area contributed by atoms with Crippen molar-refractivity contribution < 1.29 is 24.2 Å². The summed E-state index contributed by atoms with van der Waals surface area (Å²) in [6.07, 6.45) is -0.959. The zero-order valence-corrected chi connectivity index (χ0v) is 9.35. The number of aliphatic hydroxyl groups excluding tert-OH is 1. The van der Waals surface area contributed by atoms with E-state index in [0.29, 0.717) is 19.8 Å². The van der Waals surface area contributed by atoms with Crippen molar-refractivity contribution in [3.63, 3.8) is 0 Å². The minimum atomic E-state index is -0.874. The number of esters is 1. The van der Waals surface area contributed by atoms with Gasteiger partial charge in [0.05, 0.1) is 25.7 Å². The van der Waals surface area contributed by atoms with Crippen LogP contribution in [0, 0.1) is 0 Å². The number of carbonyl (C=O) groups excluding carboxylic acids is 2. The Bertz CT molecular complexity index is 256. The molecule has 0 radical (unpaired) electrons. The normalized spacial score (nSPS) is 18.4. The van der Waals surface area contributed by atoms with E-state index < -0.39 is 12.1 Å². The first-order valence-electron chi connectivity index (χ1n) is 5.32. The first-order valence-corrected chi connectivity index (χ1v) is 5.32. The van der Waals surface area contributed by atoms with Crippen LogP contribution >= 0.6 is 0 Å². The molecule has 1 saturated heterocycles. The van der Waals surface area contributed by atoms with Gasteiger partial charge >= 0.3 is 5.97 Å². The van der Waals surface area contributed by atoms with E-state index in [0.717, 1.165) is 0 Å². The van der Waals surface area contributed by atoms with E-state index in [1.807, 2.05) is 0 Å². The summed E-state index contributed by atoms with van der Waals surface area (Å²) in [5, 5.41) is 9.58. The Labute approximate surface area is 94.1 Å². The van der Waals surface area contributed by atoms with Crippen LogP contribution in [-0.4, -0.2) is 60.9 Å². The number of carbonyl (C=O) groups is 2. The Morgan fingerprint density at radius 1 is 1.69 bits per heavy atom. The third-order valence-electron chi connectivity index (χ3n) is 2.22. The van der Waals surface area contributed by atoms with Crippen molar-refractivity contribution in [3.8, 4) is 0 Å². The van der Waals surface area contributed by atoms with Crippen molar-refractivity contribution >= 4 is 11.9 Å². The lowest BCUT2D eigenvalue weighted by atomic mass is 10.2. The molecule has 0 aromatic carbocycles. The van der Waals surface area contributed by atoms with Gasteiger partial charge in [-0.25, -0.2) is 0 Å². The van der Waals surface area contributed by atoms with Crippen molar-refractivity contribution in [3.05, 3.63) is 0 Å². The molecule has 6 nitrogen and oxygen atoms in total. The van der Waals surface area contributed by atoms with Gasteiger partial charge in [-0.3, -0.25) is 9.59 Å². The van der Waals surface area contributed by atoms with Crippen LogP contribution in [0.3, 0.4) is 0 Å². The number of aliphatic hydroxyl groups is 1. The van der Waals surface area contributed by atoms with Gasteiger partial charge in [-0.15, -0.1) is 0 Å². The Hall–Kier alpha value is -1.14. The third kappa shape index (κ3) is 4.16. The minimum absolute atomic E-state index is 0.0477. The molecule has 0 aromatic heterocycles. The van der Waals surface area contributed by atoms with Crippen molar-refractivity contribution in [1.29, 1.82) is 0 Å². The number of hydrogen-bond acceptors (Lipinski definition) is 5. The molecule has 0 spiro atoms. The molecule has 1 unspecified atom stereocenters. The Morgan fingerprint density at radius 2 is 2.44 bits per heavy atom. The highest BCUT2D eigenvalue weighted by molar-refractivity contribution is 5.78. The monoisotopic (exact) mass is 231 g/mol. The highest BCUT2D eigenvalue weighted by Gasteiger charge is 2.22. The van der Waals surface area contributed by atoms with Gasteiger partial charge in [-0.05, 0) is 6.92 Å². The molecule has 0 saturated carbocycles. The molecule has 92 valence electrons. The lowest BCUT2D eigenvalue weighted by Gasteiger charge is -2.28. The maximum atomic E-state index is 11.3. The third-order valence-corrected chi connectivity index (χ3v) is 2.22.